The highest BCUT2D eigenvalue weighted by Crippen LogP contribution is 2.31. The molecule has 0 aromatic carbocycles. The lowest BCUT2D eigenvalue weighted by molar-refractivity contribution is -0.123. The number of carbonyl (C=O) groups excluding carboxylic acids is 1. The van der Waals surface area contributed by atoms with Crippen LogP contribution in [0.25, 0.3) is 0 Å². The first kappa shape index (κ1) is 14.8. The average Bonchev–Trinajstić information content (AvgIpc) is 2.81. The molecule has 0 amide bonds. The fourth-order valence-corrected chi connectivity index (χ4v) is 3.63. The van der Waals surface area contributed by atoms with E-state index in [9.17, 15) is 4.79 Å². The molecular weight excluding hydrogens is 262 g/mol. The Kier molecular flexibility index (Phi) is 5.24. The minimum Gasteiger partial charge on any atom is -0.381 e. The van der Waals surface area contributed by atoms with Gasteiger partial charge in [-0.05, 0) is 32.1 Å². The van der Waals surface area contributed by atoms with Crippen molar-refractivity contribution < 1.29 is 9.53 Å². The van der Waals surface area contributed by atoms with Crippen LogP contribution < -0.4 is 10.9 Å². The second-order valence-corrected chi connectivity index (χ2v) is 6.36. The smallest absolute Gasteiger partial charge is 0.173 e. The van der Waals surface area contributed by atoms with Crippen LogP contribution in [-0.4, -0.2) is 36.1 Å². The SMILES string of the molecule is COC1CCC(C(=O)CSC2=NC(C)NN2)CC1C. The molecule has 0 aromatic rings. The molecule has 1 saturated carbocycles. The predicted molar refractivity (Wildman–Crippen MR) is 77.9 cm³/mol. The third kappa shape index (κ3) is 3.94. The van der Waals surface area contributed by atoms with Crippen LogP contribution in [-0.2, 0) is 9.53 Å². The Bertz CT molecular complexity index is 362. The van der Waals surface area contributed by atoms with Gasteiger partial charge in [0.1, 0.15) is 11.9 Å². The van der Waals surface area contributed by atoms with E-state index in [1.54, 1.807) is 7.11 Å². The van der Waals surface area contributed by atoms with Crippen LogP contribution in [0.5, 0.6) is 0 Å². The summed E-state index contributed by atoms with van der Waals surface area (Å²) in [4.78, 5) is 16.5. The summed E-state index contributed by atoms with van der Waals surface area (Å²) in [6, 6.07) is 0. The van der Waals surface area contributed by atoms with Gasteiger partial charge in [0.2, 0.25) is 0 Å². The van der Waals surface area contributed by atoms with Gasteiger partial charge in [0, 0.05) is 13.0 Å². The first-order chi connectivity index (χ1) is 9.10. The van der Waals surface area contributed by atoms with Gasteiger partial charge in [-0.25, -0.2) is 10.4 Å². The number of ether oxygens (including phenoxy) is 1. The monoisotopic (exact) mass is 285 g/mol. The number of ketones is 1. The zero-order chi connectivity index (χ0) is 13.8. The number of Topliss-reactive ketones (excluding diaryl/α,β-unsaturated/α-hetero) is 1. The van der Waals surface area contributed by atoms with Gasteiger partial charge >= 0.3 is 0 Å². The van der Waals surface area contributed by atoms with Crippen molar-refractivity contribution >= 4 is 22.7 Å². The Morgan fingerprint density at radius 2 is 2.26 bits per heavy atom. The van der Waals surface area contributed by atoms with Gasteiger partial charge in [-0.15, -0.1) is 0 Å². The highest BCUT2D eigenvalue weighted by molar-refractivity contribution is 8.14. The van der Waals surface area contributed by atoms with Gasteiger partial charge in [-0.2, -0.15) is 0 Å². The maximum Gasteiger partial charge on any atom is 0.173 e. The van der Waals surface area contributed by atoms with Crippen molar-refractivity contribution in [3.05, 3.63) is 0 Å². The van der Waals surface area contributed by atoms with Crippen molar-refractivity contribution in [2.75, 3.05) is 12.9 Å². The van der Waals surface area contributed by atoms with Crippen molar-refractivity contribution in [3.63, 3.8) is 0 Å². The molecular formula is C13H23N3O2S. The maximum atomic E-state index is 12.2. The third-order valence-corrected chi connectivity index (χ3v) is 4.81. The van der Waals surface area contributed by atoms with Gasteiger partial charge < -0.3 is 4.74 Å². The lowest BCUT2D eigenvalue weighted by atomic mass is 9.79. The number of carbonyl (C=O) groups is 1. The van der Waals surface area contributed by atoms with E-state index in [0.717, 1.165) is 24.4 Å². The molecule has 2 aliphatic rings. The lowest BCUT2D eigenvalue weighted by Crippen LogP contribution is -2.34. The molecule has 1 aliphatic carbocycles. The van der Waals surface area contributed by atoms with E-state index in [2.05, 4.69) is 22.8 Å². The molecule has 4 unspecified atom stereocenters. The van der Waals surface area contributed by atoms with E-state index in [-0.39, 0.29) is 12.1 Å². The third-order valence-electron chi connectivity index (χ3n) is 3.90. The summed E-state index contributed by atoms with van der Waals surface area (Å²) < 4.78 is 5.43. The second kappa shape index (κ2) is 6.72. The van der Waals surface area contributed by atoms with E-state index < -0.39 is 0 Å². The number of hydrogen-bond donors (Lipinski definition) is 2. The summed E-state index contributed by atoms with van der Waals surface area (Å²) in [7, 11) is 1.76. The standard InChI is InChI=1S/C13H23N3O2S/c1-8-6-10(4-5-12(8)18-3)11(17)7-19-13-14-9(2)15-16-13/h8-10,12,15H,4-7H2,1-3H3,(H,14,16). The Balaban J connectivity index is 1.76. The number of nitrogens with zero attached hydrogens (tertiary/aromatic N) is 1. The van der Waals surface area contributed by atoms with E-state index >= 15 is 0 Å². The number of hydrazine groups is 1. The molecule has 2 rings (SSSR count). The first-order valence-electron chi connectivity index (χ1n) is 6.87. The molecule has 0 aromatic heterocycles. The largest absolute Gasteiger partial charge is 0.381 e. The molecule has 0 spiro atoms. The Labute approximate surface area is 118 Å². The van der Waals surface area contributed by atoms with Crippen molar-refractivity contribution in [3.8, 4) is 0 Å². The van der Waals surface area contributed by atoms with Crippen molar-refractivity contribution in [2.24, 2.45) is 16.8 Å². The predicted octanol–water partition coefficient (Wildman–Crippen LogP) is 1.55. The summed E-state index contributed by atoms with van der Waals surface area (Å²) in [5, 5.41) is 0.819. The van der Waals surface area contributed by atoms with Crippen LogP contribution in [0.1, 0.15) is 33.1 Å². The fraction of sp³-hybridized carbons (Fsp3) is 0.846. The van der Waals surface area contributed by atoms with E-state index in [0.29, 0.717) is 23.6 Å². The highest BCUT2D eigenvalue weighted by atomic mass is 32.2. The highest BCUT2D eigenvalue weighted by Gasteiger charge is 2.31. The normalized spacial score (nSPS) is 34.8. The molecule has 108 valence electrons. The molecule has 6 heteroatoms. The molecule has 5 nitrogen and oxygen atoms in total. The summed E-state index contributed by atoms with van der Waals surface area (Å²) in [6.45, 7) is 4.14. The number of hydrogen-bond acceptors (Lipinski definition) is 6. The first-order valence-corrected chi connectivity index (χ1v) is 7.86. The van der Waals surface area contributed by atoms with Crippen LogP contribution >= 0.6 is 11.8 Å². The average molecular weight is 285 g/mol. The Morgan fingerprint density at radius 3 is 2.84 bits per heavy atom. The van der Waals surface area contributed by atoms with Crippen LogP contribution in [0.15, 0.2) is 4.99 Å². The number of aliphatic imine (C=N–C) groups is 1. The summed E-state index contributed by atoms with van der Waals surface area (Å²) in [6.07, 6.45) is 3.32. The number of methoxy groups -OCH3 is 1. The summed E-state index contributed by atoms with van der Waals surface area (Å²) >= 11 is 1.49. The van der Waals surface area contributed by atoms with Gasteiger partial charge in [-0.1, -0.05) is 18.7 Å². The zero-order valence-electron chi connectivity index (χ0n) is 11.8. The molecule has 19 heavy (non-hydrogen) atoms. The number of rotatable bonds is 4. The van der Waals surface area contributed by atoms with Gasteiger partial charge in [0.15, 0.2) is 5.17 Å². The topological polar surface area (TPSA) is 62.7 Å². The zero-order valence-corrected chi connectivity index (χ0v) is 12.6. The minimum atomic E-state index is 0.0924. The van der Waals surface area contributed by atoms with E-state index in [4.69, 9.17) is 4.74 Å². The molecule has 0 saturated heterocycles. The van der Waals surface area contributed by atoms with Crippen LogP contribution in [0.4, 0.5) is 0 Å². The Morgan fingerprint density at radius 1 is 1.47 bits per heavy atom. The van der Waals surface area contributed by atoms with E-state index in [1.807, 2.05) is 6.92 Å². The molecule has 2 N–H and O–H groups in total. The molecule has 1 fully saturated rings. The molecule has 4 atom stereocenters. The van der Waals surface area contributed by atoms with Crippen LogP contribution in [0.2, 0.25) is 0 Å². The second-order valence-electron chi connectivity index (χ2n) is 5.40. The number of nitrogens with one attached hydrogen (secondary N) is 2. The van der Waals surface area contributed by atoms with Crippen LogP contribution in [0, 0.1) is 11.8 Å². The van der Waals surface area contributed by atoms with Crippen molar-refractivity contribution in [1.82, 2.24) is 10.9 Å². The number of amidine groups is 1. The molecule has 0 bridgehead atoms. The molecule has 1 aliphatic heterocycles. The quantitative estimate of drug-likeness (QED) is 0.820. The maximum absolute atomic E-state index is 12.2. The summed E-state index contributed by atoms with van der Waals surface area (Å²) in [5.74, 6) is 1.52. The summed E-state index contributed by atoms with van der Waals surface area (Å²) in [5.41, 5.74) is 5.97. The molecule has 1 heterocycles. The minimum absolute atomic E-state index is 0.0924. The van der Waals surface area contributed by atoms with E-state index in [1.165, 1.54) is 11.8 Å². The lowest BCUT2D eigenvalue weighted by Gasteiger charge is -2.32. The Hall–Kier alpha value is -0.590. The van der Waals surface area contributed by atoms with Gasteiger partial charge in [0.05, 0.1) is 11.9 Å². The van der Waals surface area contributed by atoms with Crippen LogP contribution in [0.3, 0.4) is 0 Å². The molecule has 0 radical (unpaired) electrons. The number of thioether (sulfide) groups is 1. The van der Waals surface area contributed by atoms with Gasteiger partial charge in [-0.3, -0.25) is 10.2 Å². The van der Waals surface area contributed by atoms with Crippen molar-refractivity contribution in [1.29, 1.82) is 0 Å². The van der Waals surface area contributed by atoms with Gasteiger partial charge in [0.25, 0.3) is 0 Å². The van der Waals surface area contributed by atoms with Crippen molar-refractivity contribution in [2.45, 2.75) is 45.4 Å². The fourth-order valence-electron chi connectivity index (χ4n) is 2.75.